The van der Waals surface area contributed by atoms with Gasteiger partial charge in [-0.1, -0.05) is 51.1 Å². The van der Waals surface area contributed by atoms with Crippen molar-refractivity contribution >= 4 is 14.3 Å². The number of nitrogens with zero attached hydrogens (tertiary/aromatic N) is 1. The monoisotopic (exact) mass is 349 g/mol. The molecule has 0 spiro atoms. The Morgan fingerprint density at radius 3 is 2.42 bits per heavy atom. The first-order chi connectivity index (χ1) is 11.1. The van der Waals surface area contributed by atoms with E-state index < -0.39 is 8.32 Å². The van der Waals surface area contributed by atoms with Crippen molar-refractivity contribution < 1.29 is 14.0 Å². The Hall–Kier alpha value is -1.17. The van der Waals surface area contributed by atoms with Crippen LogP contribution in [0.1, 0.15) is 32.8 Å². The van der Waals surface area contributed by atoms with Crippen LogP contribution in [0.15, 0.2) is 30.3 Å². The minimum atomic E-state index is -1.84. The van der Waals surface area contributed by atoms with Crippen LogP contribution in [0.25, 0.3) is 0 Å². The molecule has 0 amide bonds. The number of methoxy groups -OCH3 is 1. The van der Waals surface area contributed by atoms with Crippen LogP contribution in [0.5, 0.6) is 0 Å². The van der Waals surface area contributed by atoms with Crippen LogP contribution in [-0.4, -0.2) is 45.0 Å². The highest BCUT2D eigenvalue weighted by atomic mass is 28.4. The molecule has 2 unspecified atom stereocenters. The van der Waals surface area contributed by atoms with Crippen LogP contribution < -0.4 is 0 Å². The molecule has 0 radical (unpaired) electrons. The molecule has 134 valence electrons. The fourth-order valence-corrected chi connectivity index (χ4v) is 4.27. The van der Waals surface area contributed by atoms with E-state index in [1.165, 1.54) is 12.7 Å². The Balaban J connectivity index is 2.11. The maximum Gasteiger partial charge on any atom is 0.323 e. The van der Waals surface area contributed by atoms with Gasteiger partial charge in [0, 0.05) is 13.1 Å². The Bertz CT molecular complexity index is 553. The zero-order valence-electron chi connectivity index (χ0n) is 15.8. The standard InChI is InChI=1S/C19H31NO3Si/c1-19(2,3)24(5,6)23-16-12-17(18(21)22-4)20(14-16)13-15-10-8-7-9-11-15/h7-11,16-17H,12-14H2,1-6H3. The van der Waals surface area contributed by atoms with E-state index in [1.807, 2.05) is 18.2 Å². The number of hydrogen-bond donors (Lipinski definition) is 0. The minimum Gasteiger partial charge on any atom is -0.468 e. The normalized spacial score (nSPS) is 22.6. The van der Waals surface area contributed by atoms with Gasteiger partial charge in [0.15, 0.2) is 8.32 Å². The van der Waals surface area contributed by atoms with Crippen LogP contribution in [0.3, 0.4) is 0 Å². The fourth-order valence-electron chi connectivity index (χ4n) is 2.91. The van der Waals surface area contributed by atoms with Crippen molar-refractivity contribution in [1.82, 2.24) is 4.90 Å². The second kappa shape index (κ2) is 7.38. The third-order valence-electron chi connectivity index (χ3n) is 5.33. The van der Waals surface area contributed by atoms with Gasteiger partial charge in [0.05, 0.1) is 13.2 Å². The van der Waals surface area contributed by atoms with Crippen molar-refractivity contribution in [3.8, 4) is 0 Å². The number of ether oxygens (including phenoxy) is 1. The van der Waals surface area contributed by atoms with E-state index >= 15 is 0 Å². The van der Waals surface area contributed by atoms with Crippen LogP contribution in [0.4, 0.5) is 0 Å². The molecule has 0 aliphatic carbocycles. The van der Waals surface area contributed by atoms with E-state index in [-0.39, 0.29) is 23.2 Å². The first-order valence-electron chi connectivity index (χ1n) is 8.67. The maximum absolute atomic E-state index is 12.2. The minimum absolute atomic E-state index is 0.0960. The molecule has 1 aromatic carbocycles. The van der Waals surface area contributed by atoms with Crippen molar-refractivity contribution in [3.63, 3.8) is 0 Å². The number of benzene rings is 1. The van der Waals surface area contributed by atoms with E-state index in [2.05, 4.69) is 50.9 Å². The Labute approximate surface area is 147 Å². The van der Waals surface area contributed by atoms with Crippen molar-refractivity contribution in [2.75, 3.05) is 13.7 Å². The highest BCUT2D eigenvalue weighted by molar-refractivity contribution is 6.74. The topological polar surface area (TPSA) is 38.8 Å². The molecule has 0 bridgehead atoms. The first kappa shape index (κ1) is 19.2. The molecule has 0 N–H and O–H groups in total. The van der Waals surface area contributed by atoms with Gasteiger partial charge in [-0.3, -0.25) is 9.69 Å². The van der Waals surface area contributed by atoms with Gasteiger partial charge < -0.3 is 9.16 Å². The predicted molar refractivity (Wildman–Crippen MR) is 99.3 cm³/mol. The molecule has 1 heterocycles. The molecule has 1 aliphatic rings. The van der Waals surface area contributed by atoms with Crippen molar-refractivity contribution in [2.45, 2.75) is 64.0 Å². The van der Waals surface area contributed by atoms with E-state index in [0.29, 0.717) is 6.42 Å². The summed E-state index contributed by atoms with van der Waals surface area (Å²) in [6.45, 7) is 12.8. The summed E-state index contributed by atoms with van der Waals surface area (Å²) in [6.07, 6.45) is 0.810. The third-order valence-corrected chi connectivity index (χ3v) is 9.87. The summed E-state index contributed by atoms with van der Waals surface area (Å²) in [5.74, 6) is -0.160. The number of hydrogen-bond acceptors (Lipinski definition) is 4. The molecule has 1 aromatic rings. The average molecular weight is 350 g/mol. The van der Waals surface area contributed by atoms with E-state index in [9.17, 15) is 4.79 Å². The average Bonchev–Trinajstić information content (AvgIpc) is 2.88. The second-order valence-corrected chi connectivity index (χ2v) is 12.9. The van der Waals surface area contributed by atoms with Gasteiger partial charge >= 0.3 is 5.97 Å². The molecule has 0 aromatic heterocycles. The molecular formula is C19H31NO3Si. The zero-order valence-corrected chi connectivity index (χ0v) is 16.8. The smallest absolute Gasteiger partial charge is 0.323 e. The quantitative estimate of drug-likeness (QED) is 0.598. The maximum atomic E-state index is 12.2. The van der Waals surface area contributed by atoms with Gasteiger partial charge in [-0.15, -0.1) is 0 Å². The summed E-state index contributed by atoms with van der Waals surface area (Å²) in [4.78, 5) is 14.4. The van der Waals surface area contributed by atoms with Crippen LogP contribution in [-0.2, 0) is 20.5 Å². The molecule has 2 rings (SSSR count). The highest BCUT2D eigenvalue weighted by Crippen LogP contribution is 2.39. The molecular weight excluding hydrogens is 318 g/mol. The largest absolute Gasteiger partial charge is 0.468 e. The first-order valence-corrected chi connectivity index (χ1v) is 11.6. The summed E-state index contributed by atoms with van der Waals surface area (Å²) in [5.41, 5.74) is 1.21. The van der Waals surface area contributed by atoms with Gasteiger partial charge in [-0.2, -0.15) is 0 Å². The zero-order chi connectivity index (χ0) is 18.0. The number of carbonyl (C=O) groups excluding carboxylic acids is 1. The van der Waals surface area contributed by atoms with Crippen LogP contribution in [0, 0.1) is 0 Å². The van der Waals surface area contributed by atoms with Gasteiger partial charge in [-0.25, -0.2) is 0 Å². The number of likely N-dealkylation sites (tertiary alicyclic amines) is 1. The Morgan fingerprint density at radius 1 is 1.25 bits per heavy atom. The molecule has 4 nitrogen and oxygen atoms in total. The van der Waals surface area contributed by atoms with Crippen molar-refractivity contribution in [1.29, 1.82) is 0 Å². The van der Waals surface area contributed by atoms with Gasteiger partial charge in [-0.05, 0) is 30.1 Å². The lowest BCUT2D eigenvalue weighted by Gasteiger charge is -2.38. The lowest BCUT2D eigenvalue weighted by atomic mass is 10.2. The van der Waals surface area contributed by atoms with Gasteiger partial charge in [0.25, 0.3) is 0 Å². The molecule has 24 heavy (non-hydrogen) atoms. The van der Waals surface area contributed by atoms with Gasteiger partial charge in [0.2, 0.25) is 0 Å². The molecule has 1 fully saturated rings. The Kier molecular flexibility index (Phi) is 5.89. The summed E-state index contributed by atoms with van der Waals surface area (Å²) in [5, 5.41) is 0.167. The van der Waals surface area contributed by atoms with Gasteiger partial charge in [0.1, 0.15) is 6.04 Å². The number of esters is 1. The molecule has 1 aliphatic heterocycles. The molecule has 5 heteroatoms. The number of carbonyl (C=O) groups is 1. The third kappa shape index (κ3) is 4.46. The highest BCUT2D eigenvalue weighted by Gasteiger charge is 2.44. The Morgan fingerprint density at radius 2 is 1.88 bits per heavy atom. The molecule has 1 saturated heterocycles. The molecule has 2 atom stereocenters. The second-order valence-electron chi connectivity index (χ2n) is 8.19. The van der Waals surface area contributed by atoms with Crippen LogP contribution >= 0.6 is 0 Å². The SMILES string of the molecule is COC(=O)C1CC(O[Si](C)(C)C(C)(C)C)CN1Cc1ccccc1. The van der Waals surface area contributed by atoms with Crippen molar-refractivity contribution in [2.24, 2.45) is 0 Å². The lowest BCUT2D eigenvalue weighted by Crippen LogP contribution is -2.44. The summed E-state index contributed by atoms with van der Waals surface area (Å²) >= 11 is 0. The summed E-state index contributed by atoms with van der Waals surface area (Å²) in [6, 6.07) is 10.0. The van der Waals surface area contributed by atoms with E-state index in [4.69, 9.17) is 9.16 Å². The summed E-state index contributed by atoms with van der Waals surface area (Å²) in [7, 11) is -0.382. The lowest BCUT2D eigenvalue weighted by molar-refractivity contribution is -0.146. The number of rotatable bonds is 5. The van der Waals surface area contributed by atoms with Crippen LogP contribution in [0.2, 0.25) is 18.1 Å². The van der Waals surface area contributed by atoms with E-state index in [0.717, 1.165) is 13.1 Å². The summed E-state index contributed by atoms with van der Waals surface area (Å²) < 4.78 is 11.6. The molecule has 0 saturated carbocycles. The predicted octanol–water partition coefficient (Wildman–Crippen LogP) is 3.82. The van der Waals surface area contributed by atoms with Crippen molar-refractivity contribution in [3.05, 3.63) is 35.9 Å². The van der Waals surface area contributed by atoms with E-state index in [1.54, 1.807) is 0 Å². The fraction of sp³-hybridized carbons (Fsp3) is 0.632.